The van der Waals surface area contributed by atoms with Crippen LogP contribution in [-0.4, -0.2) is 6.10 Å². The van der Waals surface area contributed by atoms with E-state index in [1.807, 2.05) is 6.26 Å². The average Bonchev–Trinajstić information content (AvgIpc) is 2.05. The Balaban J connectivity index is 3.70. The second-order valence-corrected chi connectivity index (χ2v) is 3.42. The molecule has 0 aliphatic carbocycles. The summed E-state index contributed by atoms with van der Waals surface area (Å²) in [5.74, 6) is 0. The van der Waals surface area contributed by atoms with Crippen LogP contribution in [0.15, 0.2) is 11.8 Å². The Labute approximate surface area is 76.8 Å². The number of hydrogen-bond acceptors (Lipinski definition) is 1. The summed E-state index contributed by atoms with van der Waals surface area (Å²) in [6.45, 7) is 8.52. The lowest BCUT2D eigenvalue weighted by Gasteiger charge is -2.07. The van der Waals surface area contributed by atoms with Crippen LogP contribution in [0.5, 0.6) is 0 Å². The molecule has 0 spiro atoms. The standard InChI is InChI=1S/C11H22O/c1-5-7-8-11(6-2)9-12-10(3)4/h9-10H,5-8H2,1-4H3/b11-9+. The zero-order valence-corrected chi connectivity index (χ0v) is 8.89. The normalized spacial score (nSPS) is 12.2. The first-order chi connectivity index (χ1) is 5.70. The van der Waals surface area contributed by atoms with Crippen LogP contribution in [0.2, 0.25) is 0 Å². The van der Waals surface area contributed by atoms with Gasteiger partial charge >= 0.3 is 0 Å². The van der Waals surface area contributed by atoms with E-state index in [4.69, 9.17) is 4.74 Å². The zero-order chi connectivity index (χ0) is 9.40. The van der Waals surface area contributed by atoms with Crippen molar-refractivity contribution >= 4 is 0 Å². The molecule has 0 aliphatic rings. The van der Waals surface area contributed by atoms with Crippen molar-refractivity contribution in [1.29, 1.82) is 0 Å². The summed E-state index contributed by atoms with van der Waals surface area (Å²) in [4.78, 5) is 0. The third kappa shape index (κ3) is 6.26. The molecule has 0 aromatic carbocycles. The molecule has 0 saturated heterocycles. The molecular formula is C11H22O. The van der Waals surface area contributed by atoms with E-state index in [0.29, 0.717) is 6.10 Å². The van der Waals surface area contributed by atoms with Crippen molar-refractivity contribution in [3.63, 3.8) is 0 Å². The number of rotatable bonds is 6. The molecule has 0 saturated carbocycles. The van der Waals surface area contributed by atoms with Crippen molar-refractivity contribution < 1.29 is 4.74 Å². The second-order valence-electron chi connectivity index (χ2n) is 3.42. The van der Waals surface area contributed by atoms with Gasteiger partial charge in [-0.25, -0.2) is 0 Å². The van der Waals surface area contributed by atoms with Crippen LogP contribution in [0.25, 0.3) is 0 Å². The Hall–Kier alpha value is -0.460. The molecule has 0 aromatic rings. The van der Waals surface area contributed by atoms with Gasteiger partial charge in [0.05, 0.1) is 12.4 Å². The summed E-state index contributed by atoms with van der Waals surface area (Å²) in [6, 6.07) is 0. The fourth-order valence-electron chi connectivity index (χ4n) is 0.955. The summed E-state index contributed by atoms with van der Waals surface area (Å²) in [5.41, 5.74) is 1.44. The van der Waals surface area contributed by atoms with Crippen LogP contribution in [0.1, 0.15) is 53.4 Å². The van der Waals surface area contributed by atoms with Gasteiger partial charge in [0.1, 0.15) is 0 Å². The summed E-state index contributed by atoms with van der Waals surface area (Å²) in [7, 11) is 0. The average molecular weight is 170 g/mol. The summed E-state index contributed by atoms with van der Waals surface area (Å²) in [6.07, 6.45) is 7.11. The molecule has 0 atom stereocenters. The van der Waals surface area contributed by atoms with Crippen molar-refractivity contribution in [3.8, 4) is 0 Å². The van der Waals surface area contributed by atoms with Crippen molar-refractivity contribution in [1.82, 2.24) is 0 Å². The lowest BCUT2D eigenvalue weighted by Crippen LogP contribution is -1.96. The summed E-state index contributed by atoms with van der Waals surface area (Å²) < 4.78 is 5.43. The molecule has 0 fully saturated rings. The topological polar surface area (TPSA) is 9.23 Å². The van der Waals surface area contributed by atoms with E-state index in [2.05, 4.69) is 27.7 Å². The Bertz CT molecular complexity index is 125. The lowest BCUT2D eigenvalue weighted by atomic mass is 10.1. The van der Waals surface area contributed by atoms with Crippen LogP contribution >= 0.6 is 0 Å². The third-order valence-corrected chi connectivity index (χ3v) is 1.81. The Kier molecular flexibility index (Phi) is 6.93. The molecule has 0 bridgehead atoms. The number of unbranched alkanes of at least 4 members (excludes halogenated alkanes) is 1. The van der Waals surface area contributed by atoms with E-state index in [0.717, 1.165) is 6.42 Å². The molecule has 72 valence electrons. The molecule has 0 N–H and O–H groups in total. The highest BCUT2D eigenvalue weighted by molar-refractivity contribution is 4.96. The number of ether oxygens (including phenoxy) is 1. The largest absolute Gasteiger partial charge is 0.499 e. The van der Waals surface area contributed by atoms with Gasteiger partial charge in [0.2, 0.25) is 0 Å². The van der Waals surface area contributed by atoms with Crippen LogP contribution in [-0.2, 0) is 4.74 Å². The molecule has 1 heteroatoms. The van der Waals surface area contributed by atoms with Crippen molar-refractivity contribution in [2.75, 3.05) is 0 Å². The molecule has 0 aromatic heterocycles. The Morgan fingerprint density at radius 3 is 2.42 bits per heavy atom. The highest BCUT2D eigenvalue weighted by Gasteiger charge is 1.95. The molecular weight excluding hydrogens is 148 g/mol. The first kappa shape index (κ1) is 11.5. The van der Waals surface area contributed by atoms with Gasteiger partial charge in [0.25, 0.3) is 0 Å². The van der Waals surface area contributed by atoms with Gasteiger partial charge in [-0.15, -0.1) is 0 Å². The molecule has 1 nitrogen and oxygen atoms in total. The van der Waals surface area contributed by atoms with Gasteiger partial charge in [-0.2, -0.15) is 0 Å². The number of hydrogen-bond donors (Lipinski definition) is 0. The van der Waals surface area contributed by atoms with Crippen molar-refractivity contribution in [3.05, 3.63) is 11.8 Å². The van der Waals surface area contributed by atoms with Gasteiger partial charge < -0.3 is 4.74 Å². The van der Waals surface area contributed by atoms with Crippen LogP contribution in [0.4, 0.5) is 0 Å². The predicted molar refractivity (Wildman–Crippen MR) is 54.1 cm³/mol. The van der Waals surface area contributed by atoms with Gasteiger partial charge in [-0.3, -0.25) is 0 Å². The van der Waals surface area contributed by atoms with E-state index in [1.54, 1.807) is 0 Å². The zero-order valence-electron chi connectivity index (χ0n) is 8.89. The molecule has 0 amide bonds. The van der Waals surface area contributed by atoms with Gasteiger partial charge in [-0.1, -0.05) is 20.3 Å². The van der Waals surface area contributed by atoms with Crippen molar-refractivity contribution in [2.24, 2.45) is 0 Å². The van der Waals surface area contributed by atoms with Crippen LogP contribution in [0.3, 0.4) is 0 Å². The highest BCUT2D eigenvalue weighted by Crippen LogP contribution is 2.11. The molecule has 12 heavy (non-hydrogen) atoms. The van der Waals surface area contributed by atoms with E-state index in [-0.39, 0.29) is 0 Å². The maximum Gasteiger partial charge on any atom is 0.0922 e. The minimum Gasteiger partial charge on any atom is -0.499 e. The van der Waals surface area contributed by atoms with Crippen LogP contribution < -0.4 is 0 Å². The smallest absolute Gasteiger partial charge is 0.0922 e. The molecule has 0 unspecified atom stereocenters. The SMILES string of the molecule is CCCC/C(=C/OC(C)C)CC. The highest BCUT2D eigenvalue weighted by atomic mass is 16.5. The Morgan fingerprint density at radius 2 is 2.00 bits per heavy atom. The summed E-state index contributed by atoms with van der Waals surface area (Å²) >= 11 is 0. The quantitative estimate of drug-likeness (QED) is 0.549. The molecule has 0 heterocycles. The fourth-order valence-corrected chi connectivity index (χ4v) is 0.955. The summed E-state index contributed by atoms with van der Waals surface area (Å²) in [5, 5.41) is 0. The lowest BCUT2D eigenvalue weighted by molar-refractivity contribution is 0.176. The first-order valence-corrected chi connectivity index (χ1v) is 5.04. The van der Waals surface area contributed by atoms with Gasteiger partial charge in [0.15, 0.2) is 0 Å². The number of allylic oxidation sites excluding steroid dienone is 1. The maximum atomic E-state index is 5.43. The van der Waals surface area contributed by atoms with Gasteiger partial charge in [0, 0.05) is 0 Å². The van der Waals surface area contributed by atoms with E-state index in [1.165, 1.54) is 24.8 Å². The minimum absolute atomic E-state index is 0.313. The van der Waals surface area contributed by atoms with Gasteiger partial charge in [-0.05, 0) is 38.7 Å². The third-order valence-electron chi connectivity index (χ3n) is 1.81. The minimum atomic E-state index is 0.313. The fraction of sp³-hybridized carbons (Fsp3) is 0.818. The Morgan fingerprint density at radius 1 is 1.33 bits per heavy atom. The van der Waals surface area contributed by atoms with Crippen molar-refractivity contribution in [2.45, 2.75) is 59.5 Å². The van der Waals surface area contributed by atoms with E-state index >= 15 is 0 Å². The maximum absolute atomic E-state index is 5.43. The van der Waals surface area contributed by atoms with E-state index in [9.17, 15) is 0 Å². The van der Waals surface area contributed by atoms with Crippen LogP contribution in [0, 0.1) is 0 Å². The van der Waals surface area contributed by atoms with E-state index < -0.39 is 0 Å². The molecule has 0 rings (SSSR count). The molecule has 0 radical (unpaired) electrons. The predicted octanol–water partition coefficient (Wildman–Crippen LogP) is 3.90. The monoisotopic (exact) mass is 170 g/mol. The first-order valence-electron chi connectivity index (χ1n) is 5.04. The second kappa shape index (κ2) is 7.20. The molecule has 0 aliphatic heterocycles.